The van der Waals surface area contributed by atoms with Crippen molar-refractivity contribution in [3.63, 3.8) is 0 Å². The quantitative estimate of drug-likeness (QED) is 0.352. The summed E-state index contributed by atoms with van der Waals surface area (Å²) in [7, 11) is -2.90. The van der Waals surface area contributed by atoms with E-state index < -0.39 is 8.87 Å². The molecule has 0 aromatic heterocycles. The van der Waals surface area contributed by atoms with Crippen LogP contribution in [0, 0.1) is 7.14 Å². The summed E-state index contributed by atoms with van der Waals surface area (Å²) in [5.74, 6) is 0. The van der Waals surface area contributed by atoms with E-state index in [4.69, 9.17) is 23.2 Å². The predicted molar refractivity (Wildman–Crippen MR) is 101 cm³/mol. The molecule has 0 aliphatic rings. The Kier molecular flexibility index (Phi) is 5.92. The van der Waals surface area contributed by atoms with E-state index in [1.807, 2.05) is 28.7 Å². The number of hydrogen-bond donors (Lipinski definition) is 0. The van der Waals surface area contributed by atoms with Crippen molar-refractivity contribution in [2.45, 2.75) is 9.79 Å². The van der Waals surface area contributed by atoms with Crippen LogP contribution in [0.1, 0.15) is 0 Å². The zero-order chi connectivity index (χ0) is 14.9. The van der Waals surface area contributed by atoms with Crippen molar-refractivity contribution >= 4 is 88.0 Å². The Morgan fingerprint density at radius 3 is 2.10 bits per heavy atom. The number of benzene rings is 2. The van der Waals surface area contributed by atoms with Gasteiger partial charge < -0.3 is 0 Å². The van der Waals surface area contributed by atoms with Crippen LogP contribution in [-0.4, -0.2) is 8.42 Å². The lowest BCUT2D eigenvalue weighted by atomic mass is 10.4. The van der Waals surface area contributed by atoms with Gasteiger partial charge in [-0.25, -0.2) is 8.42 Å². The van der Waals surface area contributed by atoms with Crippen molar-refractivity contribution in [3.05, 3.63) is 53.6 Å². The molecule has 0 spiro atoms. The third-order valence-electron chi connectivity index (χ3n) is 2.26. The Bertz CT molecular complexity index is 764. The highest BCUT2D eigenvalue weighted by atomic mass is 127. The second kappa shape index (κ2) is 6.91. The molecule has 0 amide bonds. The molecule has 0 N–H and O–H groups in total. The molecule has 0 radical (unpaired) electrons. The minimum atomic E-state index is -3.61. The monoisotopic (exact) mass is 570 g/mol. The van der Waals surface area contributed by atoms with Gasteiger partial charge in [0.15, 0.2) is 0 Å². The van der Waals surface area contributed by atoms with Gasteiger partial charge in [0.2, 0.25) is 8.87 Å². The fraction of sp³-hybridized carbons (Fsp3) is 0. The molecule has 2 rings (SSSR count). The van der Waals surface area contributed by atoms with Gasteiger partial charge in [-0.2, -0.15) is 0 Å². The fourth-order valence-corrected chi connectivity index (χ4v) is 6.74. The highest BCUT2D eigenvalue weighted by Crippen LogP contribution is 2.38. The minimum absolute atomic E-state index is 0.103. The summed E-state index contributed by atoms with van der Waals surface area (Å²) in [4.78, 5) is 0.597. The molecule has 0 aliphatic carbocycles. The second-order valence-electron chi connectivity index (χ2n) is 3.69. The zero-order valence-electron chi connectivity index (χ0n) is 9.61. The maximum atomic E-state index is 12.5. The summed E-state index contributed by atoms with van der Waals surface area (Å²) in [6, 6.07) is 10.1. The van der Waals surface area contributed by atoms with E-state index in [2.05, 4.69) is 22.6 Å². The molecule has 2 aromatic carbocycles. The lowest BCUT2D eigenvalue weighted by Gasteiger charge is -2.08. The normalized spacial score (nSPS) is 11.6. The van der Waals surface area contributed by atoms with Crippen LogP contribution < -0.4 is 0 Å². The summed E-state index contributed by atoms with van der Waals surface area (Å²) in [5, 5.41) is 0.611. The SMILES string of the molecule is O=S(=O)(Sc1cc(I)ccc1Cl)c1cc(I)ccc1Cl. The zero-order valence-corrected chi connectivity index (χ0v) is 17.1. The molecule has 0 atom stereocenters. The Morgan fingerprint density at radius 2 is 1.45 bits per heavy atom. The highest BCUT2D eigenvalue weighted by Gasteiger charge is 2.21. The molecular weight excluding hydrogens is 565 g/mol. The lowest BCUT2D eigenvalue weighted by molar-refractivity contribution is 0.610. The third-order valence-corrected chi connectivity index (χ3v) is 7.83. The van der Waals surface area contributed by atoms with E-state index in [1.54, 1.807) is 30.3 Å². The van der Waals surface area contributed by atoms with Gasteiger partial charge in [-0.3, -0.25) is 0 Å². The predicted octanol–water partition coefficient (Wildman–Crippen LogP) is 5.68. The average Bonchev–Trinajstić information content (AvgIpc) is 2.36. The van der Waals surface area contributed by atoms with Crippen LogP contribution in [0.25, 0.3) is 0 Å². The van der Waals surface area contributed by atoms with Crippen LogP contribution in [0.5, 0.6) is 0 Å². The maximum absolute atomic E-state index is 12.5. The van der Waals surface area contributed by atoms with Crippen molar-refractivity contribution in [2.24, 2.45) is 0 Å². The molecule has 106 valence electrons. The first-order chi connectivity index (χ1) is 9.29. The fourth-order valence-electron chi connectivity index (χ4n) is 1.37. The van der Waals surface area contributed by atoms with E-state index in [0.29, 0.717) is 20.7 Å². The van der Waals surface area contributed by atoms with Crippen LogP contribution in [0.4, 0.5) is 0 Å². The van der Waals surface area contributed by atoms with Crippen molar-refractivity contribution in [1.29, 1.82) is 0 Å². The minimum Gasteiger partial charge on any atom is -0.212 e. The first-order valence-corrected chi connectivity index (χ1v) is 10.9. The number of hydrogen-bond acceptors (Lipinski definition) is 3. The van der Waals surface area contributed by atoms with Gasteiger partial charge in [-0.15, -0.1) is 0 Å². The molecule has 0 aliphatic heterocycles. The topological polar surface area (TPSA) is 34.1 Å². The van der Waals surface area contributed by atoms with E-state index >= 15 is 0 Å². The van der Waals surface area contributed by atoms with Crippen molar-refractivity contribution < 1.29 is 8.42 Å². The average molecular weight is 571 g/mol. The summed E-state index contributed by atoms with van der Waals surface area (Å²) < 4.78 is 26.6. The first kappa shape index (κ1) is 17.1. The van der Waals surface area contributed by atoms with E-state index in [0.717, 1.165) is 7.14 Å². The van der Waals surface area contributed by atoms with Crippen LogP contribution >= 0.6 is 79.2 Å². The molecular formula is C12H6Cl2I2O2S2. The van der Waals surface area contributed by atoms with E-state index in [1.165, 1.54) is 0 Å². The Morgan fingerprint density at radius 1 is 0.900 bits per heavy atom. The molecule has 0 unspecified atom stereocenters. The Balaban J connectivity index is 2.46. The van der Waals surface area contributed by atoms with Gasteiger partial charge in [0.05, 0.1) is 14.9 Å². The molecule has 0 saturated carbocycles. The highest BCUT2D eigenvalue weighted by molar-refractivity contribution is 14.1. The van der Waals surface area contributed by atoms with Crippen molar-refractivity contribution in [1.82, 2.24) is 0 Å². The molecule has 0 bridgehead atoms. The number of halogens is 4. The van der Waals surface area contributed by atoms with Gasteiger partial charge >= 0.3 is 0 Å². The standard InChI is InChI=1S/C12H6Cl2I2O2S2/c13-9-3-1-7(15)5-11(9)19-20(17,18)12-6-8(16)2-4-10(12)14/h1-6H. The second-order valence-corrected chi connectivity index (χ2v) is 10.8. The van der Waals surface area contributed by atoms with E-state index in [9.17, 15) is 8.42 Å². The van der Waals surface area contributed by atoms with Crippen LogP contribution in [-0.2, 0) is 8.87 Å². The smallest absolute Gasteiger partial charge is 0.212 e. The van der Waals surface area contributed by atoms with Crippen LogP contribution in [0.2, 0.25) is 10.0 Å². The summed E-state index contributed by atoms with van der Waals surface area (Å²) >= 11 is 16.2. The Labute approximate surface area is 158 Å². The van der Waals surface area contributed by atoms with Gasteiger partial charge in [-0.1, -0.05) is 23.2 Å². The molecule has 0 saturated heterocycles. The van der Waals surface area contributed by atoms with Crippen LogP contribution in [0.15, 0.2) is 46.2 Å². The largest absolute Gasteiger partial charge is 0.236 e. The summed E-state index contributed by atoms with van der Waals surface area (Å²) in [6.45, 7) is 0. The molecule has 0 heterocycles. The lowest BCUT2D eigenvalue weighted by Crippen LogP contribution is -1.97. The maximum Gasteiger partial charge on any atom is 0.236 e. The van der Waals surface area contributed by atoms with Gasteiger partial charge in [0.1, 0.15) is 0 Å². The number of rotatable bonds is 3. The third kappa shape index (κ3) is 4.16. The molecule has 8 heteroatoms. The molecule has 2 nitrogen and oxygen atoms in total. The Hall–Kier alpha value is 0.780. The summed E-state index contributed by atoms with van der Waals surface area (Å²) in [5.41, 5.74) is 0. The van der Waals surface area contributed by atoms with Crippen LogP contribution in [0.3, 0.4) is 0 Å². The molecule has 20 heavy (non-hydrogen) atoms. The van der Waals surface area contributed by atoms with Crippen molar-refractivity contribution in [3.8, 4) is 0 Å². The van der Waals surface area contributed by atoms with E-state index in [-0.39, 0.29) is 9.92 Å². The van der Waals surface area contributed by atoms with Gasteiger partial charge in [-0.05, 0) is 81.6 Å². The van der Waals surface area contributed by atoms with Gasteiger partial charge in [0.25, 0.3) is 0 Å². The summed E-state index contributed by atoms with van der Waals surface area (Å²) in [6.07, 6.45) is 0. The molecule has 2 aromatic rings. The van der Waals surface area contributed by atoms with Crippen molar-refractivity contribution in [2.75, 3.05) is 0 Å². The van der Waals surface area contributed by atoms with Gasteiger partial charge in [0, 0.05) is 22.8 Å². The molecule has 0 fully saturated rings. The first-order valence-electron chi connectivity index (χ1n) is 5.14.